The Morgan fingerprint density at radius 3 is 2.07 bits per heavy atom. The summed E-state index contributed by atoms with van der Waals surface area (Å²) in [6.07, 6.45) is 3.52. The van der Waals surface area contributed by atoms with Crippen LogP contribution in [0.3, 0.4) is 0 Å². The molecule has 0 nitrogen and oxygen atoms in total. The minimum absolute atomic E-state index is 0.112. The van der Waals surface area contributed by atoms with E-state index >= 15 is 0 Å². The van der Waals surface area contributed by atoms with E-state index < -0.39 is 27.4 Å². The molecule has 0 amide bonds. The van der Waals surface area contributed by atoms with Gasteiger partial charge in [-0.15, -0.1) is 0 Å². The predicted octanol–water partition coefficient (Wildman–Crippen LogP) is 8.97. The molecule has 6 rings (SSSR count). The monoisotopic (exact) mass is 672 g/mol. The number of allylic oxidation sites excluding steroid dienone is 1. The molecule has 0 aromatic heterocycles. The third kappa shape index (κ3) is 5.12. The predicted molar refractivity (Wildman–Crippen MR) is 181 cm³/mol. The second-order valence-electron chi connectivity index (χ2n) is 13.0. The maximum absolute atomic E-state index is 7.94. The molecule has 0 N–H and O–H groups in total. The summed E-state index contributed by atoms with van der Waals surface area (Å²) in [6.45, 7) is 13.9. The van der Waals surface area contributed by atoms with Crippen LogP contribution in [0.1, 0.15) is 85.7 Å². The number of fused-ring (bicyclic) bond motifs is 4. The topological polar surface area (TPSA) is 0 Å². The van der Waals surface area contributed by atoms with Crippen LogP contribution in [0.4, 0.5) is 0 Å². The normalized spacial score (nSPS) is 16.5. The van der Waals surface area contributed by atoms with E-state index in [0.717, 1.165) is 6.42 Å². The fourth-order valence-electron chi connectivity index (χ4n) is 7.24. The number of halogens is 2. The first-order valence-electron chi connectivity index (χ1n) is 15.1. The Morgan fingerprint density at radius 2 is 1.37 bits per heavy atom. The second kappa shape index (κ2) is 11.4. The van der Waals surface area contributed by atoms with E-state index in [-0.39, 0.29) is 3.63 Å². The standard InChI is InChI=1S/C25H31.C12H9Si.2ClH.Zr/c1-16(2)13-19-14-20-11-12-22(18(5)6)25(24(20)15-19)23-10-8-7-9-21(23)17(3)4;1-3-7-11-9(5-1)10-6-2-4-8-12(10)13-11;;;/h7-12,14-18H,13H2,1-6H3;1-7H,13H2;2*1H;/q;;;;+2/p-2. The molecule has 0 fully saturated rings. The molecular formula is C37H40Cl2SiZr. The molecule has 4 aromatic rings. The van der Waals surface area contributed by atoms with Gasteiger partial charge in [-0.3, -0.25) is 0 Å². The Balaban J connectivity index is 1.58. The maximum atomic E-state index is 7.94. The average molecular weight is 675 g/mol. The van der Waals surface area contributed by atoms with Crippen molar-refractivity contribution in [1.29, 1.82) is 0 Å². The van der Waals surface area contributed by atoms with Gasteiger partial charge in [-0.05, 0) is 0 Å². The van der Waals surface area contributed by atoms with Gasteiger partial charge in [-0.1, -0.05) is 0 Å². The van der Waals surface area contributed by atoms with E-state index in [0.29, 0.717) is 17.8 Å². The van der Waals surface area contributed by atoms with Crippen LogP contribution in [0, 0.1) is 5.92 Å². The number of hydrogen-bond acceptors (Lipinski definition) is 0. The van der Waals surface area contributed by atoms with Gasteiger partial charge in [-0.2, -0.15) is 0 Å². The molecule has 41 heavy (non-hydrogen) atoms. The SMILES string of the molecule is CC(C)CC1=Cc2c(ccc(C(C)C)c2-c2ccccc2C(C)C)[CH]1[Zr]([Cl])([Cl])[c]1cccc2c1[SiH2]c1ccccc1-2. The van der Waals surface area contributed by atoms with Crippen LogP contribution in [0.5, 0.6) is 0 Å². The van der Waals surface area contributed by atoms with E-state index in [9.17, 15) is 0 Å². The van der Waals surface area contributed by atoms with Gasteiger partial charge in [-0.25, -0.2) is 0 Å². The summed E-state index contributed by atoms with van der Waals surface area (Å²) < 4.78 is 1.42. The molecule has 1 atom stereocenters. The van der Waals surface area contributed by atoms with Crippen LogP contribution in [0.25, 0.3) is 28.3 Å². The molecule has 4 aromatic carbocycles. The van der Waals surface area contributed by atoms with Crippen LogP contribution in [0.2, 0.25) is 0 Å². The molecule has 0 radical (unpaired) electrons. The van der Waals surface area contributed by atoms with Crippen molar-refractivity contribution in [2.75, 3.05) is 0 Å². The summed E-state index contributed by atoms with van der Waals surface area (Å²) in [6, 6.07) is 29.5. The summed E-state index contributed by atoms with van der Waals surface area (Å²) in [5.74, 6) is 1.39. The number of hydrogen-bond donors (Lipinski definition) is 0. The molecule has 1 heterocycles. The van der Waals surface area contributed by atoms with Crippen LogP contribution < -0.4 is 13.6 Å². The molecule has 2 aliphatic rings. The summed E-state index contributed by atoms with van der Waals surface area (Å²) in [5, 5.41) is 3.01. The van der Waals surface area contributed by atoms with Crippen molar-refractivity contribution in [3.8, 4) is 22.3 Å². The molecule has 1 aliphatic heterocycles. The van der Waals surface area contributed by atoms with Gasteiger partial charge in [0.2, 0.25) is 0 Å². The minimum atomic E-state index is -4.01. The molecule has 0 saturated carbocycles. The first-order valence-corrected chi connectivity index (χ1v) is 25.5. The number of benzene rings is 4. The van der Waals surface area contributed by atoms with Crippen molar-refractivity contribution in [2.24, 2.45) is 5.92 Å². The van der Waals surface area contributed by atoms with Crippen molar-refractivity contribution in [3.63, 3.8) is 0 Å². The Kier molecular flexibility index (Phi) is 8.18. The van der Waals surface area contributed by atoms with Gasteiger partial charge in [0.25, 0.3) is 0 Å². The van der Waals surface area contributed by atoms with E-state index in [1.165, 1.54) is 63.7 Å². The Labute approximate surface area is 260 Å². The molecule has 4 heteroatoms. The zero-order chi connectivity index (χ0) is 29.1. The third-order valence-corrected chi connectivity index (χ3v) is 23.4. The van der Waals surface area contributed by atoms with Gasteiger partial charge in [0.05, 0.1) is 0 Å². The first-order chi connectivity index (χ1) is 19.6. The quantitative estimate of drug-likeness (QED) is 0.151. The zero-order valence-electron chi connectivity index (χ0n) is 25.1. The third-order valence-electron chi connectivity index (χ3n) is 9.01. The van der Waals surface area contributed by atoms with Crippen LogP contribution in [-0.2, 0) is 17.9 Å². The fourth-order valence-corrected chi connectivity index (χ4v) is 24.0. The van der Waals surface area contributed by atoms with Crippen molar-refractivity contribution in [1.82, 2.24) is 0 Å². The summed E-state index contributed by atoms with van der Waals surface area (Å²) in [5.41, 5.74) is 12.5. The summed E-state index contributed by atoms with van der Waals surface area (Å²) in [7, 11) is 15.3. The van der Waals surface area contributed by atoms with E-state index in [4.69, 9.17) is 17.0 Å². The Hall–Kier alpha value is -1.70. The molecule has 0 bridgehead atoms. The second-order valence-corrected chi connectivity index (χ2v) is 28.8. The molecule has 1 unspecified atom stereocenters. The summed E-state index contributed by atoms with van der Waals surface area (Å²) >= 11 is -4.01. The van der Waals surface area contributed by atoms with Crippen LogP contribution in [-0.4, -0.2) is 9.52 Å². The van der Waals surface area contributed by atoms with Gasteiger partial charge in [0.15, 0.2) is 0 Å². The number of rotatable bonds is 7. The molecule has 0 saturated heterocycles. The molecule has 210 valence electrons. The first kappa shape index (κ1) is 29.4. The van der Waals surface area contributed by atoms with Crippen molar-refractivity contribution >= 4 is 46.3 Å². The summed E-state index contributed by atoms with van der Waals surface area (Å²) in [4.78, 5) is 0. The van der Waals surface area contributed by atoms with Gasteiger partial charge in [0.1, 0.15) is 0 Å². The van der Waals surface area contributed by atoms with Gasteiger partial charge < -0.3 is 0 Å². The van der Waals surface area contributed by atoms with Crippen LogP contribution in [0.15, 0.2) is 84.4 Å². The van der Waals surface area contributed by atoms with E-state index in [1.54, 1.807) is 0 Å². The Morgan fingerprint density at radius 1 is 0.707 bits per heavy atom. The Bertz CT molecular complexity index is 1660. The zero-order valence-corrected chi connectivity index (χ0v) is 30.4. The van der Waals surface area contributed by atoms with Crippen molar-refractivity contribution < 1.29 is 17.9 Å². The van der Waals surface area contributed by atoms with Gasteiger partial charge >= 0.3 is 262 Å². The van der Waals surface area contributed by atoms with Crippen molar-refractivity contribution in [3.05, 3.63) is 107 Å². The average Bonchev–Trinajstić information content (AvgIpc) is 3.50. The van der Waals surface area contributed by atoms with E-state index in [2.05, 4.69) is 126 Å². The molecule has 1 aliphatic carbocycles. The van der Waals surface area contributed by atoms with E-state index in [1.807, 2.05) is 0 Å². The molecule has 0 spiro atoms. The van der Waals surface area contributed by atoms with Gasteiger partial charge in [0, 0.05) is 0 Å². The van der Waals surface area contributed by atoms with Crippen molar-refractivity contribution in [2.45, 2.75) is 63.4 Å². The van der Waals surface area contributed by atoms with Crippen LogP contribution >= 0.6 is 17.0 Å². The fraction of sp³-hybridized carbons (Fsp3) is 0.297. The molecular weight excluding hydrogens is 635 g/mol.